The lowest BCUT2D eigenvalue weighted by Crippen LogP contribution is -1.92. The molecule has 0 rings (SSSR count). The molecule has 0 saturated carbocycles. The van der Waals surface area contributed by atoms with Gasteiger partial charge in [0.05, 0.1) is 0 Å². The minimum atomic E-state index is 0.702. The maximum Gasteiger partial charge on any atom is -0.0417 e. The molecule has 0 aromatic carbocycles. The minimum absolute atomic E-state index is 0.702. The second-order valence-electron chi connectivity index (χ2n) is 5.60. The van der Waals surface area contributed by atoms with E-state index in [1.54, 1.807) is 0 Å². The monoisotopic (exact) mass is 239 g/mol. The maximum absolute atomic E-state index is 4.14. The summed E-state index contributed by atoms with van der Waals surface area (Å²) in [4.78, 5) is 0. The van der Waals surface area contributed by atoms with Gasteiger partial charge in [-0.2, -0.15) is 0 Å². The second-order valence-corrected chi connectivity index (χ2v) is 5.60. The topological polar surface area (TPSA) is 0 Å². The Morgan fingerprint density at radius 1 is 0.647 bits per heavy atom. The molecule has 0 aliphatic heterocycles. The van der Waals surface area contributed by atoms with Gasteiger partial charge in [0.15, 0.2) is 0 Å². The Kier molecular flexibility index (Phi) is 14.1. The van der Waals surface area contributed by atoms with Gasteiger partial charge in [0.1, 0.15) is 0 Å². The van der Waals surface area contributed by atoms with Crippen LogP contribution in [-0.4, -0.2) is 0 Å². The van der Waals surface area contributed by atoms with Crippen LogP contribution in [0, 0.1) is 12.8 Å². The highest BCUT2D eigenvalue weighted by molar-refractivity contribution is 4.58. The van der Waals surface area contributed by atoms with Gasteiger partial charge in [0.2, 0.25) is 0 Å². The van der Waals surface area contributed by atoms with Crippen LogP contribution in [0.15, 0.2) is 0 Å². The zero-order chi connectivity index (χ0) is 12.8. The first-order chi connectivity index (χ1) is 8.31. The first kappa shape index (κ1) is 17.0. The predicted octanol–water partition coefficient (Wildman–Crippen LogP) is 6.55. The van der Waals surface area contributed by atoms with Gasteiger partial charge >= 0.3 is 0 Å². The molecule has 0 saturated heterocycles. The molecule has 0 aromatic heterocycles. The highest BCUT2D eigenvalue weighted by Crippen LogP contribution is 2.15. The Bertz CT molecular complexity index is 128. The summed E-state index contributed by atoms with van der Waals surface area (Å²) in [5.74, 6) is 0.702. The van der Waals surface area contributed by atoms with Crippen LogP contribution in [0.25, 0.3) is 0 Å². The van der Waals surface area contributed by atoms with Crippen molar-refractivity contribution in [3.05, 3.63) is 6.92 Å². The van der Waals surface area contributed by atoms with Gasteiger partial charge in [-0.05, 0) is 5.92 Å². The average molecular weight is 239 g/mol. The number of hydrogen-bond donors (Lipinski definition) is 0. The van der Waals surface area contributed by atoms with Crippen molar-refractivity contribution in [2.75, 3.05) is 0 Å². The smallest absolute Gasteiger partial charge is 0.0417 e. The Morgan fingerprint density at radius 3 is 1.47 bits per heavy atom. The standard InChI is InChI=1S/C17H35/c1-4-6-7-8-9-10-11-12-13-14-15-16-17(3)5-2/h17H,3-16H2,1-2H3. The van der Waals surface area contributed by atoms with Gasteiger partial charge in [0, 0.05) is 0 Å². The number of hydrogen-bond acceptors (Lipinski definition) is 0. The molecule has 1 atom stereocenters. The van der Waals surface area contributed by atoms with Gasteiger partial charge in [-0.25, -0.2) is 0 Å². The van der Waals surface area contributed by atoms with Crippen LogP contribution in [0.1, 0.15) is 97.3 Å². The number of unbranched alkanes of at least 4 members (excludes halogenated alkanes) is 10. The zero-order valence-corrected chi connectivity index (χ0v) is 12.5. The van der Waals surface area contributed by atoms with E-state index in [9.17, 15) is 0 Å². The van der Waals surface area contributed by atoms with Crippen molar-refractivity contribution in [2.24, 2.45) is 5.92 Å². The summed E-state index contributed by atoms with van der Waals surface area (Å²) in [6.07, 6.45) is 18.5. The molecule has 0 heteroatoms. The van der Waals surface area contributed by atoms with E-state index >= 15 is 0 Å². The molecule has 0 aliphatic carbocycles. The average Bonchev–Trinajstić information content (AvgIpc) is 2.35. The Balaban J connectivity index is 2.94. The molecule has 0 nitrogen and oxygen atoms in total. The summed E-state index contributed by atoms with van der Waals surface area (Å²) >= 11 is 0. The maximum atomic E-state index is 4.14. The van der Waals surface area contributed by atoms with Crippen molar-refractivity contribution in [3.63, 3.8) is 0 Å². The molecule has 0 heterocycles. The van der Waals surface area contributed by atoms with E-state index in [1.165, 1.54) is 83.5 Å². The molecular formula is C17H35. The highest BCUT2D eigenvalue weighted by Gasteiger charge is 1.98. The lowest BCUT2D eigenvalue weighted by atomic mass is 9.99. The van der Waals surface area contributed by atoms with E-state index in [0.29, 0.717) is 5.92 Å². The molecule has 0 N–H and O–H groups in total. The molecule has 1 unspecified atom stereocenters. The van der Waals surface area contributed by atoms with Crippen LogP contribution in [-0.2, 0) is 0 Å². The molecule has 0 bridgehead atoms. The summed E-state index contributed by atoms with van der Waals surface area (Å²) in [7, 11) is 0. The molecule has 1 radical (unpaired) electrons. The van der Waals surface area contributed by atoms with Crippen LogP contribution in [0.4, 0.5) is 0 Å². The van der Waals surface area contributed by atoms with Crippen LogP contribution < -0.4 is 0 Å². The van der Waals surface area contributed by atoms with Crippen molar-refractivity contribution < 1.29 is 0 Å². The van der Waals surface area contributed by atoms with E-state index in [4.69, 9.17) is 0 Å². The van der Waals surface area contributed by atoms with Gasteiger partial charge in [-0.3, -0.25) is 0 Å². The van der Waals surface area contributed by atoms with E-state index in [0.717, 1.165) is 0 Å². The zero-order valence-electron chi connectivity index (χ0n) is 12.5. The molecule has 0 fully saturated rings. The van der Waals surface area contributed by atoms with Crippen LogP contribution in [0.3, 0.4) is 0 Å². The van der Waals surface area contributed by atoms with Crippen LogP contribution in [0.2, 0.25) is 0 Å². The summed E-state index contributed by atoms with van der Waals surface area (Å²) in [5, 5.41) is 0. The first-order valence-corrected chi connectivity index (χ1v) is 8.14. The fourth-order valence-electron chi connectivity index (χ4n) is 2.30. The van der Waals surface area contributed by atoms with Gasteiger partial charge < -0.3 is 0 Å². The van der Waals surface area contributed by atoms with Crippen LogP contribution >= 0.6 is 0 Å². The quantitative estimate of drug-likeness (QED) is 0.320. The Labute approximate surface area is 111 Å². The summed E-state index contributed by atoms with van der Waals surface area (Å²) in [6, 6.07) is 0. The summed E-state index contributed by atoms with van der Waals surface area (Å²) in [5.41, 5.74) is 0. The number of rotatable bonds is 13. The predicted molar refractivity (Wildman–Crippen MR) is 80.2 cm³/mol. The van der Waals surface area contributed by atoms with Gasteiger partial charge in [-0.1, -0.05) is 104 Å². The van der Waals surface area contributed by atoms with Crippen molar-refractivity contribution in [2.45, 2.75) is 97.3 Å². The van der Waals surface area contributed by atoms with Gasteiger partial charge in [0.25, 0.3) is 0 Å². The van der Waals surface area contributed by atoms with Crippen LogP contribution in [0.5, 0.6) is 0 Å². The third-order valence-electron chi connectivity index (χ3n) is 3.79. The third-order valence-corrected chi connectivity index (χ3v) is 3.79. The highest BCUT2D eigenvalue weighted by atomic mass is 14.0. The van der Waals surface area contributed by atoms with Crippen molar-refractivity contribution in [1.29, 1.82) is 0 Å². The van der Waals surface area contributed by atoms with Gasteiger partial charge in [-0.15, -0.1) is 0 Å². The van der Waals surface area contributed by atoms with Crippen molar-refractivity contribution in [1.82, 2.24) is 0 Å². The molecule has 17 heavy (non-hydrogen) atoms. The van der Waals surface area contributed by atoms with E-state index in [2.05, 4.69) is 20.8 Å². The first-order valence-electron chi connectivity index (χ1n) is 8.14. The minimum Gasteiger partial charge on any atom is -0.0654 e. The van der Waals surface area contributed by atoms with E-state index in [-0.39, 0.29) is 0 Å². The SMILES string of the molecule is [CH2]C(CC)CCCCCCCCCCCCC. The van der Waals surface area contributed by atoms with E-state index in [1.807, 2.05) is 0 Å². The fourth-order valence-corrected chi connectivity index (χ4v) is 2.30. The normalized spacial score (nSPS) is 12.9. The largest absolute Gasteiger partial charge is 0.0654 e. The van der Waals surface area contributed by atoms with Crippen molar-refractivity contribution >= 4 is 0 Å². The molecule has 0 aromatic rings. The fraction of sp³-hybridized carbons (Fsp3) is 0.941. The molecular weight excluding hydrogens is 204 g/mol. The van der Waals surface area contributed by atoms with Crippen molar-refractivity contribution in [3.8, 4) is 0 Å². The third kappa shape index (κ3) is 13.9. The summed E-state index contributed by atoms with van der Waals surface area (Å²) < 4.78 is 0. The lowest BCUT2D eigenvalue weighted by Gasteiger charge is -2.07. The Morgan fingerprint density at radius 2 is 1.06 bits per heavy atom. The lowest BCUT2D eigenvalue weighted by molar-refractivity contribution is 0.499. The van der Waals surface area contributed by atoms with E-state index < -0.39 is 0 Å². The molecule has 0 amide bonds. The Hall–Kier alpha value is 0. The summed E-state index contributed by atoms with van der Waals surface area (Å²) in [6.45, 7) is 8.67. The second kappa shape index (κ2) is 14.1. The molecule has 103 valence electrons. The molecule has 0 aliphatic rings. The molecule has 0 spiro atoms.